The van der Waals surface area contributed by atoms with Crippen molar-refractivity contribution in [1.29, 1.82) is 0 Å². The standard InChI is InChI=1S/C14H15BrClNO3/c1-17-13(10-6-7-11(15)20-10)8-4-5-9(18-2)12(16)14(8)19-3/h4-7,13,17H,1-3H3. The average Bonchev–Trinajstić information content (AvgIpc) is 2.86. The Bertz CT molecular complexity index is 600. The number of methoxy groups -OCH3 is 2. The third kappa shape index (κ3) is 2.80. The molecular formula is C14H15BrClNO3. The van der Waals surface area contributed by atoms with Crippen LogP contribution in [0.4, 0.5) is 0 Å². The summed E-state index contributed by atoms with van der Waals surface area (Å²) in [6, 6.07) is 7.28. The van der Waals surface area contributed by atoms with Gasteiger partial charge in [-0.15, -0.1) is 0 Å². The fourth-order valence-corrected chi connectivity index (χ4v) is 2.73. The quantitative estimate of drug-likeness (QED) is 0.874. The molecule has 0 aliphatic carbocycles. The van der Waals surface area contributed by atoms with E-state index in [1.807, 2.05) is 31.3 Å². The molecule has 0 radical (unpaired) electrons. The summed E-state index contributed by atoms with van der Waals surface area (Å²) in [5, 5.41) is 3.64. The van der Waals surface area contributed by atoms with Crippen molar-refractivity contribution >= 4 is 27.5 Å². The minimum Gasteiger partial charge on any atom is -0.495 e. The molecule has 0 saturated carbocycles. The van der Waals surface area contributed by atoms with Gasteiger partial charge in [-0.1, -0.05) is 11.6 Å². The molecule has 0 bridgehead atoms. The van der Waals surface area contributed by atoms with E-state index in [-0.39, 0.29) is 6.04 Å². The van der Waals surface area contributed by atoms with E-state index in [1.165, 1.54) is 0 Å². The van der Waals surface area contributed by atoms with Crippen molar-refractivity contribution in [3.63, 3.8) is 0 Å². The molecule has 1 heterocycles. The molecule has 0 fully saturated rings. The van der Waals surface area contributed by atoms with Gasteiger partial charge in [-0.2, -0.15) is 0 Å². The molecule has 1 unspecified atom stereocenters. The number of furan rings is 1. The first-order valence-electron chi connectivity index (χ1n) is 5.95. The largest absolute Gasteiger partial charge is 0.495 e. The van der Waals surface area contributed by atoms with Crippen molar-refractivity contribution in [1.82, 2.24) is 5.32 Å². The lowest BCUT2D eigenvalue weighted by Crippen LogP contribution is -2.18. The zero-order valence-electron chi connectivity index (χ0n) is 11.4. The highest BCUT2D eigenvalue weighted by Gasteiger charge is 2.23. The second-order valence-corrected chi connectivity index (χ2v) is 5.23. The molecule has 108 valence electrons. The molecular weight excluding hydrogens is 346 g/mol. The lowest BCUT2D eigenvalue weighted by Gasteiger charge is -2.19. The van der Waals surface area contributed by atoms with Gasteiger partial charge in [-0.3, -0.25) is 0 Å². The van der Waals surface area contributed by atoms with Gasteiger partial charge in [0, 0.05) is 5.56 Å². The molecule has 0 saturated heterocycles. The fraction of sp³-hybridized carbons (Fsp3) is 0.286. The second kappa shape index (κ2) is 6.52. The van der Waals surface area contributed by atoms with Crippen molar-refractivity contribution in [2.45, 2.75) is 6.04 Å². The van der Waals surface area contributed by atoms with E-state index in [1.54, 1.807) is 14.2 Å². The highest BCUT2D eigenvalue weighted by molar-refractivity contribution is 9.10. The summed E-state index contributed by atoms with van der Waals surface area (Å²) in [4.78, 5) is 0. The molecule has 6 heteroatoms. The van der Waals surface area contributed by atoms with Gasteiger partial charge in [0.1, 0.15) is 22.3 Å². The molecule has 2 rings (SSSR count). The van der Waals surface area contributed by atoms with Gasteiger partial charge < -0.3 is 19.2 Å². The van der Waals surface area contributed by atoms with Crippen molar-refractivity contribution < 1.29 is 13.9 Å². The Morgan fingerprint density at radius 3 is 2.45 bits per heavy atom. The van der Waals surface area contributed by atoms with E-state index in [0.29, 0.717) is 21.2 Å². The topological polar surface area (TPSA) is 43.6 Å². The Morgan fingerprint density at radius 2 is 1.95 bits per heavy atom. The van der Waals surface area contributed by atoms with Crippen LogP contribution in [0, 0.1) is 0 Å². The normalized spacial score (nSPS) is 12.2. The number of hydrogen-bond acceptors (Lipinski definition) is 4. The summed E-state index contributed by atoms with van der Waals surface area (Å²) in [5.74, 6) is 1.90. The Balaban J connectivity index is 2.52. The van der Waals surface area contributed by atoms with Crippen LogP contribution in [0.1, 0.15) is 17.4 Å². The number of halogens is 2. The van der Waals surface area contributed by atoms with Crippen molar-refractivity contribution in [2.24, 2.45) is 0 Å². The van der Waals surface area contributed by atoms with Gasteiger partial charge in [-0.05, 0) is 47.2 Å². The van der Waals surface area contributed by atoms with Crippen molar-refractivity contribution in [3.05, 3.63) is 45.3 Å². The van der Waals surface area contributed by atoms with Crippen LogP contribution in [-0.2, 0) is 0 Å². The van der Waals surface area contributed by atoms with Crippen molar-refractivity contribution in [3.8, 4) is 11.5 Å². The van der Waals surface area contributed by atoms with Crippen molar-refractivity contribution in [2.75, 3.05) is 21.3 Å². The monoisotopic (exact) mass is 359 g/mol. The van der Waals surface area contributed by atoms with Crippen LogP contribution in [0.15, 0.2) is 33.4 Å². The Labute approximate surface area is 131 Å². The van der Waals surface area contributed by atoms with Crippen LogP contribution < -0.4 is 14.8 Å². The summed E-state index contributed by atoms with van der Waals surface area (Å²) in [5.41, 5.74) is 0.877. The maximum atomic E-state index is 6.29. The average molecular weight is 361 g/mol. The van der Waals surface area contributed by atoms with Crippen LogP contribution in [-0.4, -0.2) is 21.3 Å². The zero-order chi connectivity index (χ0) is 14.7. The first kappa shape index (κ1) is 15.2. The van der Waals surface area contributed by atoms with Crippen LogP contribution in [0.25, 0.3) is 0 Å². The maximum absolute atomic E-state index is 6.29. The van der Waals surface area contributed by atoms with Gasteiger partial charge in [0.15, 0.2) is 4.67 Å². The SMILES string of the molecule is CNC(c1ccc(Br)o1)c1ccc(OC)c(Cl)c1OC. The maximum Gasteiger partial charge on any atom is 0.169 e. The van der Waals surface area contributed by atoms with E-state index in [2.05, 4.69) is 21.2 Å². The molecule has 1 N–H and O–H groups in total. The molecule has 0 amide bonds. The Kier molecular flexibility index (Phi) is 4.96. The molecule has 1 aromatic heterocycles. The molecule has 1 atom stereocenters. The van der Waals surface area contributed by atoms with E-state index in [0.717, 1.165) is 11.3 Å². The smallest absolute Gasteiger partial charge is 0.169 e. The van der Waals surface area contributed by atoms with Gasteiger partial charge >= 0.3 is 0 Å². The number of benzene rings is 1. The van der Waals surface area contributed by atoms with E-state index in [9.17, 15) is 0 Å². The third-order valence-corrected chi connectivity index (χ3v) is 3.78. The van der Waals surface area contributed by atoms with Gasteiger partial charge in [0.2, 0.25) is 0 Å². The van der Waals surface area contributed by atoms with Crippen LogP contribution in [0.2, 0.25) is 5.02 Å². The highest BCUT2D eigenvalue weighted by Crippen LogP contribution is 2.41. The predicted molar refractivity (Wildman–Crippen MR) is 81.9 cm³/mol. The summed E-state index contributed by atoms with van der Waals surface area (Å²) in [6.45, 7) is 0. The Morgan fingerprint density at radius 1 is 1.20 bits per heavy atom. The fourth-order valence-electron chi connectivity index (χ4n) is 2.08. The summed E-state index contributed by atoms with van der Waals surface area (Å²) >= 11 is 9.59. The lowest BCUT2D eigenvalue weighted by molar-refractivity contribution is 0.382. The third-order valence-electron chi connectivity index (χ3n) is 2.99. The molecule has 0 aliphatic rings. The Hall–Kier alpha value is -1.17. The minimum absolute atomic E-state index is 0.167. The predicted octanol–water partition coefficient (Wildman–Crippen LogP) is 4.02. The summed E-state index contributed by atoms with van der Waals surface area (Å²) < 4.78 is 16.9. The molecule has 2 aromatic rings. The van der Waals surface area contributed by atoms with E-state index in [4.69, 9.17) is 25.5 Å². The summed E-state index contributed by atoms with van der Waals surface area (Å²) in [7, 11) is 4.99. The van der Waals surface area contributed by atoms with Gasteiger partial charge in [-0.25, -0.2) is 0 Å². The zero-order valence-corrected chi connectivity index (χ0v) is 13.7. The number of ether oxygens (including phenoxy) is 2. The molecule has 1 aromatic carbocycles. The second-order valence-electron chi connectivity index (χ2n) is 4.07. The molecule has 0 aliphatic heterocycles. The first-order chi connectivity index (χ1) is 9.62. The minimum atomic E-state index is -0.167. The number of hydrogen-bond donors (Lipinski definition) is 1. The first-order valence-corrected chi connectivity index (χ1v) is 7.12. The van der Waals surface area contributed by atoms with Crippen LogP contribution in [0.3, 0.4) is 0 Å². The number of rotatable bonds is 5. The van der Waals surface area contributed by atoms with Gasteiger partial charge in [0.25, 0.3) is 0 Å². The van der Waals surface area contributed by atoms with E-state index < -0.39 is 0 Å². The van der Waals surface area contributed by atoms with Crippen LogP contribution >= 0.6 is 27.5 Å². The summed E-state index contributed by atoms with van der Waals surface area (Å²) in [6.07, 6.45) is 0. The highest BCUT2D eigenvalue weighted by atomic mass is 79.9. The molecule has 20 heavy (non-hydrogen) atoms. The molecule has 0 spiro atoms. The molecule has 4 nitrogen and oxygen atoms in total. The van der Waals surface area contributed by atoms with Crippen LogP contribution in [0.5, 0.6) is 11.5 Å². The lowest BCUT2D eigenvalue weighted by atomic mass is 10.0. The van der Waals surface area contributed by atoms with Gasteiger partial charge in [0.05, 0.1) is 20.3 Å². The number of nitrogens with one attached hydrogen (secondary N) is 1. The van der Waals surface area contributed by atoms with E-state index >= 15 is 0 Å².